The lowest BCUT2D eigenvalue weighted by molar-refractivity contribution is 0.126. The van der Waals surface area contributed by atoms with Crippen LogP contribution < -0.4 is 5.73 Å². The second kappa shape index (κ2) is 4.31. The molecule has 1 fully saturated rings. The van der Waals surface area contributed by atoms with Crippen LogP contribution in [0, 0.1) is 0 Å². The van der Waals surface area contributed by atoms with Gasteiger partial charge in [0.15, 0.2) is 0 Å². The first-order valence-corrected chi connectivity index (χ1v) is 6.38. The first kappa shape index (κ1) is 11.1. The van der Waals surface area contributed by atoms with Gasteiger partial charge in [0.2, 0.25) is 0 Å². The van der Waals surface area contributed by atoms with Crippen molar-refractivity contribution in [3.63, 3.8) is 0 Å². The molecule has 2 unspecified atom stereocenters. The van der Waals surface area contributed by atoms with Crippen molar-refractivity contribution in [1.82, 2.24) is 4.90 Å². The van der Waals surface area contributed by atoms with Gasteiger partial charge >= 0.3 is 0 Å². The number of methoxy groups -OCH3 is 1. The molecule has 1 saturated heterocycles. The summed E-state index contributed by atoms with van der Waals surface area (Å²) in [6.45, 7) is 4.22. The maximum atomic E-state index is 5.89. The van der Waals surface area contributed by atoms with E-state index in [1.807, 2.05) is 6.07 Å². The molecule has 0 spiro atoms. The van der Waals surface area contributed by atoms with Crippen molar-refractivity contribution in [2.24, 2.45) is 0 Å². The highest BCUT2D eigenvalue weighted by atomic mass is 16.5. The molecule has 3 heteroatoms. The Morgan fingerprint density at radius 2 is 2.06 bits per heavy atom. The highest BCUT2D eigenvalue weighted by Crippen LogP contribution is 2.46. The number of nitrogens with two attached hydrogens (primary N) is 1. The lowest BCUT2D eigenvalue weighted by Gasteiger charge is -2.31. The Bertz CT molecular complexity index is 419. The van der Waals surface area contributed by atoms with E-state index in [4.69, 9.17) is 10.5 Å². The largest absolute Gasteiger partial charge is 0.399 e. The third-order valence-corrected chi connectivity index (χ3v) is 4.13. The van der Waals surface area contributed by atoms with Crippen molar-refractivity contribution in [3.8, 4) is 0 Å². The van der Waals surface area contributed by atoms with Gasteiger partial charge in [0.25, 0.3) is 0 Å². The number of anilines is 1. The van der Waals surface area contributed by atoms with Crippen LogP contribution in [0.25, 0.3) is 0 Å². The minimum Gasteiger partial charge on any atom is -0.399 e. The average molecular weight is 232 g/mol. The molecular formula is C14H20N2O. The van der Waals surface area contributed by atoms with Crippen LogP contribution in [0.2, 0.25) is 0 Å². The summed E-state index contributed by atoms with van der Waals surface area (Å²) < 4.78 is 5.17. The van der Waals surface area contributed by atoms with Crippen LogP contribution in [0.3, 0.4) is 0 Å². The first-order valence-electron chi connectivity index (χ1n) is 6.38. The van der Waals surface area contributed by atoms with Gasteiger partial charge in [0.05, 0.1) is 6.61 Å². The van der Waals surface area contributed by atoms with Crippen LogP contribution in [-0.4, -0.2) is 38.3 Å². The molecule has 2 N–H and O–H groups in total. The first-order chi connectivity index (χ1) is 8.28. The molecule has 0 radical (unpaired) electrons. The van der Waals surface area contributed by atoms with Crippen molar-refractivity contribution in [3.05, 3.63) is 29.3 Å². The van der Waals surface area contributed by atoms with Crippen molar-refractivity contribution in [2.75, 3.05) is 39.1 Å². The van der Waals surface area contributed by atoms with Gasteiger partial charge in [0, 0.05) is 32.4 Å². The molecule has 3 nitrogen and oxygen atoms in total. The lowest BCUT2D eigenvalue weighted by Crippen LogP contribution is -2.37. The van der Waals surface area contributed by atoms with E-state index in [0.29, 0.717) is 11.8 Å². The van der Waals surface area contributed by atoms with Crippen LogP contribution in [-0.2, 0) is 4.74 Å². The minimum absolute atomic E-state index is 0.684. The van der Waals surface area contributed by atoms with E-state index in [9.17, 15) is 0 Å². The number of ether oxygens (including phenoxy) is 1. The second-order valence-electron chi connectivity index (χ2n) is 5.27. The summed E-state index contributed by atoms with van der Waals surface area (Å²) in [5.41, 5.74) is 9.82. The zero-order valence-electron chi connectivity index (χ0n) is 10.4. The van der Waals surface area contributed by atoms with E-state index in [0.717, 1.165) is 25.4 Å². The predicted molar refractivity (Wildman–Crippen MR) is 69.3 cm³/mol. The molecule has 1 aromatic rings. The smallest absolute Gasteiger partial charge is 0.0589 e. The van der Waals surface area contributed by atoms with Gasteiger partial charge in [-0.1, -0.05) is 6.07 Å². The van der Waals surface area contributed by atoms with Gasteiger partial charge in [-0.05, 0) is 41.5 Å². The fourth-order valence-corrected chi connectivity index (χ4v) is 3.36. The van der Waals surface area contributed by atoms with Gasteiger partial charge in [-0.15, -0.1) is 0 Å². The van der Waals surface area contributed by atoms with Gasteiger partial charge < -0.3 is 10.5 Å². The standard InChI is InChI=1S/C14H20N2O/c1-17-5-4-16-8-10-6-11(9-16)14-7-12(15)2-3-13(10)14/h2-3,7,10-11H,4-6,8-9,15H2,1H3. The number of nitrogen functional groups attached to an aromatic ring is 1. The van der Waals surface area contributed by atoms with Crippen LogP contribution >= 0.6 is 0 Å². The molecule has 3 rings (SSSR count). The van der Waals surface area contributed by atoms with Crippen molar-refractivity contribution >= 4 is 5.69 Å². The quantitative estimate of drug-likeness (QED) is 0.808. The van der Waals surface area contributed by atoms with E-state index in [1.54, 1.807) is 7.11 Å². The Morgan fingerprint density at radius 3 is 2.82 bits per heavy atom. The molecule has 92 valence electrons. The topological polar surface area (TPSA) is 38.5 Å². The van der Waals surface area contributed by atoms with Crippen molar-refractivity contribution in [1.29, 1.82) is 0 Å². The number of benzene rings is 1. The predicted octanol–water partition coefficient (Wildman–Crippen LogP) is 1.80. The molecule has 0 amide bonds. The zero-order chi connectivity index (χ0) is 11.8. The molecule has 2 bridgehead atoms. The average Bonchev–Trinajstić information content (AvgIpc) is 2.59. The van der Waals surface area contributed by atoms with Crippen molar-refractivity contribution in [2.45, 2.75) is 18.3 Å². The van der Waals surface area contributed by atoms with E-state index in [-0.39, 0.29) is 0 Å². The van der Waals surface area contributed by atoms with Crippen molar-refractivity contribution < 1.29 is 4.74 Å². The number of hydrogen-bond acceptors (Lipinski definition) is 3. The molecule has 2 aliphatic rings. The molecule has 1 aromatic carbocycles. The molecule has 1 aliphatic carbocycles. The number of rotatable bonds is 3. The molecule has 0 saturated carbocycles. The van der Waals surface area contributed by atoms with Gasteiger partial charge in [-0.3, -0.25) is 4.90 Å². The van der Waals surface area contributed by atoms with Crippen LogP contribution in [0.1, 0.15) is 29.4 Å². The maximum absolute atomic E-state index is 5.89. The third-order valence-electron chi connectivity index (χ3n) is 4.13. The Balaban J connectivity index is 1.80. The SMILES string of the molecule is COCCN1CC2CC(C1)c1cc(N)ccc12. The number of fused-ring (bicyclic) bond motifs is 5. The third kappa shape index (κ3) is 1.94. The Hall–Kier alpha value is -1.06. The molecule has 17 heavy (non-hydrogen) atoms. The van der Waals surface area contributed by atoms with Gasteiger partial charge in [-0.2, -0.15) is 0 Å². The van der Waals surface area contributed by atoms with Crippen LogP contribution in [0.15, 0.2) is 18.2 Å². The van der Waals surface area contributed by atoms with Gasteiger partial charge in [0.1, 0.15) is 0 Å². The Kier molecular flexibility index (Phi) is 2.81. The number of piperidine rings is 1. The lowest BCUT2D eigenvalue weighted by atomic mass is 9.96. The summed E-state index contributed by atoms with van der Waals surface area (Å²) in [7, 11) is 1.77. The maximum Gasteiger partial charge on any atom is 0.0589 e. The molecular weight excluding hydrogens is 212 g/mol. The Labute approximate surface area is 103 Å². The monoisotopic (exact) mass is 232 g/mol. The summed E-state index contributed by atoms with van der Waals surface area (Å²) in [5.74, 6) is 1.39. The van der Waals surface area contributed by atoms with E-state index < -0.39 is 0 Å². The summed E-state index contributed by atoms with van der Waals surface area (Å²) in [5, 5.41) is 0. The summed E-state index contributed by atoms with van der Waals surface area (Å²) in [6.07, 6.45) is 1.31. The molecule has 1 heterocycles. The molecule has 0 aromatic heterocycles. The van der Waals surface area contributed by atoms with Crippen LogP contribution in [0.4, 0.5) is 5.69 Å². The molecule has 1 aliphatic heterocycles. The zero-order valence-corrected chi connectivity index (χ0v) is 10.4. The van der Waals surface area contributed by atoms with Gasteiger partial charge in [-0.25, -0.2) is 0 Å². The highest BCUT2D eigenvalue weighted by molar-refractivity contribution is 5.50. The fraction of sp³-hybridized carbons (Fsp3) is 0.571. The Morgan fingerprint density at radius 1 is 1.29 bits per heavy atom. The molecule has 2 atom stereocenters. The number of nitrogens with zero attached hydrogens (tertiary/aromatic N) is 1. The second-order valence-corrected chi connectivity index (χ2v) is 5.27. The summed E-state index contributed by atoms with van der Waals surface area (Å²) >= 11 is 0. The summed E-state index contributed by atoms with van der Waals surface area (Å²) in [4.78, 5) is 2.53. The minimum atomic E-state index is 0.684. The fourth-order valence-electron chi connectivity index (χ4n) is 3.36. The summed E-state index contributed by atoms with van der Waals surface area (Å²) in [6, 6.07) is 6.45. The van der Waals surface area contributed by atoms with Crippen LogP contribution in [0.5, 0.6) is 0 Å². The number of hydrogen-bond donors (Lipinski definition) is 1. The van der Waals surface area contributed by atoms with E-state index in [2.05, 4.69) is 17.0 Å². The highest BCUT2D eigenvalue weighted by Gasteiger charge is 2.37. The van der Waals surface area contributed by atoms with E-state index >= 15 is 0 Å². The van der Waals surface area contributed by atoms with E-state index in [1.165, 1.54) is 24.1 Å². The normalized spacial score (nSPS) is 27.1. The number of likely N-dealkylation sites (tertiary alicyclic amines) is 1.